The average Bonchev–Trinajstić information content (AvgIpc) is 2.98. The maximum atomic E-state index is 6.29. The van der Waals surface area contributed by atoms with E-state index < -0.39 is 0 Å². The molecule has 4 nitrogen and oxygen atoms in total. The smallest absolute Gasteiger partial charge is 0.191 e. The third-order valence-electron chi connectivity index (χ3n) is 4.69. The number of benzene rings is 1. The van der Waals surface area contributed by atoms with Crippen LogP contribution in [0.25, 0.3) is 10.2 Å². The molecule has 2 aromatic heterocycles. The number of methoxy groups -OCH3 is 1. The highest BCUT2D eigenvalue weighted by Gasteiger charge is 2.23. The van der Waals surface area contributed by atoms with Crippen LogP contribution in [0.1, 0.15) is 29.3 Å². The van der Waals surface area contributed by atoms with Gasteiger partial charge in [0.25, 0.3) is 0 Å². The number of thiophene rings is 1. The van der Waals surface area contributed by atoms with E-state index in [1.165, 1.54) is 22.4 Å². The second kappa shape index (κ2) is 6.84. The fourth-order valence-electron chi connectivity index (χ4n) is 3.28. The van der Waals surface area contributed by atoms with Crippen molar-refractivity contribution in [3.8, 4) is 5.75 Å². The molecule has 1 unspecified atom stereocenters. The van der Waals surface area contributed by atoms with E-state index in [1.54, 1.807) is 30.2 Å². The summed E-state index contributed by atoms with van der Waals surface area (Å²) < 4.78 is 5.20. The number of nitrogens with two attached hydrogens (primary N) is 1. The first kappa shape index (κ1) is 16.7. The molecule has 2 heterocycles. The van der Waals surface area contributed by atoms with Gasteiger partial charge in [0.1, 0.15) is 16.4 Å². The zero-order valence-corrected chi connectivity index (χ0v) is 16.0. The number of hydrogen-bond acceptors (Lipinski definition) is 6. The van der Waals surface area contributed by atoms with Crippen molar-refractivity contribution in [1.29, 1.82) is 0 Å². The molecule has 25 heavy (non-hydrogen) atoms. The number of thioether (sulfide) groups is 1. The van der Waals surface area contributed by atoms with Crippen LogP contribution in [-0.4, -0.2) is 17.1 Å². The lowest BCUT2D eigenvalue weighted by atomic mass is 9.89. The number of ether oxygens (including phenoxy) is 1. The fraction of sp³-hybridized carbons (Fsp3) is 0.368. The number of nitrogens with zero attached hydrogens (tertiary/aromatic N) is 2. The minimum Gasteiger partial charge on any atom is -0.497 e. The van der Waals surface area contributed by atoms with Gasteiger partial charge in [0, 0.05) is 10.6 Å². The Balaban J connectivity index is 1.58. The summed E-state index contributed by atoms with van der Waals surface area (Å²) in [4.78, 5) is 11.8. The van der Waals surface area contributed by atoms with Crippen LogP contribution in [0.5, 0.6) is 5.75 Å². The van der Waals surface area contributed by atoms with Crippen molar-refractivity contribution in [3.05, 3.63) is 40.3 Å². The first-order valence-corrected chi connectivity index (χ1v) is 10.3. The van der Waals surface area contributed by atoms with Gasteiger partial charge in [-0.2, -0.15) is 0 Å². The van der Waals surface area contributed by atoms with Crippen LogP contribution in [0.3, 0.4) is 0 Å². The second-order valence-electron chi connectivity index (χ2n) is 6.56. The van der Waals surface area contributed by atoms with Gasteiger partial charge in [-0.05, 0) is 48.4 Å². The van der Waals surface area contributed by atoms with Crippen LogP contribution in [-0.2, 0) is 18.6 Å². The van der Waals surface area contributed by atoms with E-state index in [0.29, 0.717) is 5.82 Å². The molecule has 0 spiro atoms. The van der Waals surface area contributed by atoms with Crippen molar-refractivity contribution in [1.82, 2.24) is 9.97 Å². The Morgan fingerprint density at radius 3 is 2.84 bits per heavy atom. The molecule has 0 saturated carbocycles. The normalized spacial score (nSPS) is 16.8. The third kappa shape index (κ3) is 3.33. The van der Waals surface area contributed by atoms with Crippen molar-refractivity contribution >= 4 is 39.1 Å². The van der Waals surface area contributed by atoms with Crippen LogP contribution in [0.4, 0.5) is 5.82 Å². The van der Waals surface area contributed by atoms with Crippen LogP contribution in [0.15, 0.2) is 29.4 Å². The Labute approximate surface area is 155 Å². The fourth-order valence-corrected chi connectivity index (χ4v) is 5.54. The molecule has 4 rings (SSSR count). The lowest BCUT2D eigenvalue weighted by Crippen LogP contribution is -2.09. The minimum atomic E-state index is 0.634. The molecule has 1 aliphatic rings. The quantitative estimate of drug-likeness (QED) is 0.532. The number of anilines is 1. The highest BCUT2D eigenvalue weighted by Crippen LogP contribution is 2.40. The Morgan fingerprint density at radius 1 is 1.28 bits per heavy atom. The maximum absolute atomic E-state index is 6.29. The van der Waals surface area contributed by atoms with E-state index >= 15 is 0 Å². The molecular formula is C19H21N3OS2. The van der Waals surface area contributed by atoms with E-state index in [4.69, 9.17) is 15.5 Å². The average molecular weight is 372 g/mol. The Morgan fingerprint density at radius 2 is 2.08 bits per heavy atom. The molecule has 0 bridgehead atoms. The number of hydrogen-bond donors (Lipinski definition) is 1. The summed E-state index contributed by atoms with van der Waals surface area (Å²) in [7, 11) is 1.68. The SMILES string of the molecule is COc1ccc(CSc2nc(N)c3c4c(sc3n2)CC(C)CC4)cc1. The summed E-state index contributed by atoms with van der Waals surface area (Å²) in [5.74, 6) is 3.07. The molecule has 0 saturated heterocycles. The van der Waals surface area contributed by atoms with Crippen LogP contribution < -0.4 is 10.5 Å². The van der Waals surface area contributed by atoms with Gasteiger partial charge in [0.2, 0.25) is 0 Å². The van der Waals surface area contributed by atoms with Crippen LogP contribution >= 0.6 is 23.1 Å². The minimum absolute atomic E-state index is 0.634. The molecule has 1 atom stereocenters. The summed E-state index contributed by atoms with van der Waals surface area (Å²) in [5.41, 5.74) is 8.90. The largest absolute Gasteiger partial charge is 0.497 e. The predicted octanol–water partition coefficient (Wildman–Crippen LogP) is 4.70. The molecule has 0 radical (unpaired) electrons. The van der Waals surface area contributed by atoms with E-state index in [-0.39, 0.29) is 0 Å². The third-order valence-corrected chi connectivity index (χ3v) is 6.76. The first-order valence-electron chi connectivity index (χ1n) is 8.47. The molecule has 6 heteroatoms. The van der Waals surface area contributed by atoms with Crippen LogP contribution in [0.2, 0.25) is 0 Å². The van der Waals surface area contributed by atoms with Gasteiger partial charge < -0.3 is 10.5 Å². The van der Waals surface area contributed by atoms with Gasteiger partial charge in [-0.15, -0.1) is 11.3 Å². The molecule has 2 N–H and O–H groups in total. The Kier molecular flexibility index (Phi) is 4.56. The zero-order valence-electron chi connectivity index (χ0n) is 14.4. The summed E-state index contributed by atoms with van der Waals surface area (Å²) >= 11 is 3.42. The summed E-state index contributed by atoms with van der Waals surface area (Å²) in [6.45, 7) is 2.32. The van der Waals surface area contributed by atoms with E-state index in [9.17, 15) is 0 Å². The second-order valence-corrected chi connectivity index (χ2v) is 8.59. The monoisotopic (exact) mass is 371 g/mol. The maximum Gasteiger partial charge on any atom is 0.191 e. The standard InChI is InChI=1S/C19H21N3OS2/c1-11-3-8-14-15(9-11)25-18-16(14)17(20)21-19(22-18)24-10-12-4-6-13(23-2)7-5-12/h4-7,11H,3,8-10H2,1-2H3,(H2,20,21,22). The molecule has 0 amide bonds. The van der Waals surface area contributed by atoms with E-state index in [2.05, 4.69) is 24.0 Å². The molecular weight excluding hydrogens is 350 g/mol. The van der Waals surface area contributed by atoms with Crippen molar-refractivity contribution in [3.63, 3.8) is 0 Å². The Hall–Kier alpha value is -1.79. The summed E-state index contributed by atoms with van der Waals surface area (Å²) in [6, 6.07) is 8.09. The number of aromatic nitrogens is 2. The molecule has 1 aromatic carbocycles. The van der Waals surface area contributed by atoms with Gasteiger partial charge >= 0.3 is 0 Å². The van der Waals surface area contributed by atoms with Gasteiger partial charge in [-0.3, -0.25) is 0 Å². The van der Waals surface area contributed by atoms with Crippen molar-refractivity contribution in [2.75, 3.05) is 12.8 Å². The van der Waals surface area contributed by atoms with Gasteiger partial charge in [-0.25, -0.2) is 9.97 Å². The molecule has 0 fully saturated rings. The van der Waals surface area contributed by atoms with Crippen molar-refractivity contribution in [2.24, 2.45) is 5.92 Å². The van der Waals surface area contributed by atoms with Crippen LogP contribution in [0, 0.1) is 5.92 Å². The highest BCUT2D eigenvalue weighted by atomic mass is 32.2. The van der Waals surface area contributed by atoms with E-state index in [0.717, 1.165) is 45.6 Å². The topological polar surface area (TPSA) is 61.0 Å². The molecule has 3 aromatic rings. The lowest BCUT2D eigenvalue weighted by Gasteiger charge is -2.17. The zero-order chi connectivity index (χ0) is 17.4. The van der Waals surface area contributed by atoms with Gasteiger partial charge in [0.05, 0.1) is 12.5 Å². The molecule has 0 aliphatic heterocycles. The number of fused-ring (bicyclic) bond motifs is 3. The summed E-state index contributed by atoms with van der Waals surface area (Å²) in [5, 5.41) is 1.85. The number of rotatable bonds is 4. The molecule has 130 valence electrons. The van der Waals surface area contributed by atoms with Crippen molar-refractivity contribution in [2.45, 2.75) is 37.1 Å². The Bertz CT molecular complexity index is 905. The molecule has 1 aliphatic carbocycles. The van der Waals surface area contributed by atoms with Crippen molar-refractivity contribution < 1.29 is 4.74 Å². The van der Waals surface area contributed by atoms with Gasteiger partial charge in [0.15, 0.2) is 5.16 Å². The van der Waals surface area contributed by atoms with E-state index in [1.807, 2.05) is 12.1 Å². The predicted molar refractivity (Wildman–Crippen MR) is 106 cm³/mol. The highest BCUT2D eigenvalue weighted by molar-refractivity contribution is 7.98. The first-order chi connectivity index (χ1) is 12.1. The van der Waals surface area contributed by atoms with Gasteiger partial charge in [-0.1, -0.05) is 30.8 Å². The number of nitrogen functional groups attached to an aromatic ring is 1. The summed E-state index contributed by atoms with van der Waals surface area (Å²) in [6.07, 6.45) is 3.47. The lowest BCUT2D eigenvalue weighted by molar-refractivity contribution is 0.414. The number of aryl methyl sites for hydroxylation is 1.